The van der Waals surface area contributed by atoms with Crippen molar-refractivity contribution in [3.8, 4) is 0 Å². The van der Waals surface area contributed by atoms with E-state index in [0.29, 0.717) is 65.8 Å². The number of carbonyl (C=O) groups excluding carboxylic acids is 1. The van der Waals surface area contributed by atoms with Crippen LogP contribution in [0.2, 0.25) is 5.02 Å². The van der Waals surface area contributed by atoms with Gasteiger partial charge in [0.1, 0.15) is 0 Å². The van der Waals surface area contributed by atoms with Gasteiger partial charge in [-0.15, -0.1) is 0 Å². The van der Waals surface area contributed by atoms with E-state index in [2.05, 4.69) is 15.4 Å². The molecule has 3 aromatic rings. The number of nitrogens with one attached hydrogen (secondary N) is 3. The van der Waals surface area contributed by atoms with E-state index in [1.807, 2.05) is 67.5 Å². The zero-order valence-corrected chi connectivity index (χ0v) is 23.4. The molecule has 0 aromatic heterocycles. The number of sulfonamides is 1. The summed E-state index contributed by atoms with van der Waals surface area (Å²) in [6.07, 6.45) is 1.24. The molecule has 204 valence electrons. The lowest BCUT2D eigenvalue weighted by Gasteiger charge is -2.23. The van der Waals surface area contributed by atoms with Crippen LogP contribution in [0.4, 0.5) is 11.4 Å². The van der Waals surface area contributed by atoms with Crippen molar-refractivity contribution >= 4 is 50.2 Å². The minimum absolute atomic E-state index is 0.102. The average Bonchev–Trinajstić information content (AvgIpc) is 3.24. The highest BCUT2D eigenvalue weighted by Gasteiger charge is 2.31. The molecule has 2 heterocycles. The Balaban J connectivity index is 1.56. The molecule has 0 radical (unpaired) electrons. The first kappa shape index (κ1) is 27.4. The van der Waals surface area contributed by atoms with Crippen molar-refractivity contribution in [3.05, 3.63) is 88.4 Å². The summed E-state index contributed by atoms with van der Waals surface area (Å²) in [5.74, 6) is -0.321. The lowest BCUT2D eigenvalue weighted by molar-refractivity contribution is -0.110. The Morgan fingerprint density at radius 1 is 1.05 bits per heavy atom. The highest BCUT2D eigenvalue weighted by molar-refractivity contribution is 7.89. The van der Waals surface area contributed by atoms with Crippen molar-refractivity contribution in [2.24, 2.45) is 0 Å². The predicted octanol–water partition coefficient (Wildman–Crippen LogP) is 4.79. The fourth-order valence-electron chi connectivity index (χ4n) is 4.79. The molecule has 1 fully saturated rings. The topological polar surface area (TPSA) is 99.8 Å². The second kappa shape index (κ2) is 11.5. The maximum atomic E-state index is 13.3. The van der Waals surface area contributed by atoms with E-state index >= 15 is 0 Å². The quantitative estimate of drug-likeness (QED) is 0.339. The van der Waals surface area contributed by atoms with Gasteiger partial charge in [0.25, 0.3) is 5.91 Å². The molecule has 0 bridgehead atoms. The van der Waals surface area contributed by atoms with Crippen molar-refractivity contribution in [3.63, 3.8) is 0 Å². The van der Waals surface area contributed by atoms with Crippen molar-refractivity contribution in [2.75, 3.05) is 37.9 Å². The second-order valence-electron chi connectivity index (χ2n) is 9.95. The van der Waals surface area contributed by atoms with Crippen LogP contribution in [0.1, 0.15) is 29.5 Å². The van der Waals surface area contributed by atoms with Gasteiger partial charge in [-0.05, 0) is 68.4 Å². The molecule has 0 unspecified atom stereocenters. The number of ether oxygens (including phenoxy) is 1. The maximum absolute atomic E-state index is 13.3. The Kier molecular flexibility index (Phi) is 8.06. The van der Waals surface area contributed by atoms with Gasteiger partial charge in [-0.3, -0.25) is 4.79 Å². The van der Waals surface area contributed by atoms with Gasteiger partial charge in [0.2, 0.25) is 10.0 Å². The molecule has 0 saturated carbocycles. The first-order chi connectivity index (χ1) is 18.7. The van der Waals surface area contributed by atoms with E-state index in [4.69, 9.17) is 16.3 Å². The number of halogens is 1. The molecule has 2 aliphatic rings. The molecule has 39 heavy (non-hydrogen) atoms. The minimum Gasteiger partial charge on any atom is -0.381 e. The van der Waals surface area contributed by atoms with Crippen molar-refractivity contribution in [1.82, 2.24) is 9.62 Å². The van der Waals surface area contributed by atoms with E-state index in [1.54, 1.807) is 12.1 Å². The molecule has 0 aliphatic carbocycles. The van der Waals surface area contributed by atoms with E-state index in [9.17, 15) is 13.2 Å². The zero-order chi connectivity index (χ0) is 27.6. The Hall–Kier alpha value is -3.21. The van der Waals surface area contributed by atoms with Crippen LogP contribution in [0.25, 0.3) is 11.3 Å². The third kappa shape index (κ3) is 6.18. The summed E-state index contributed by atoms with van der Waals surface area (Å²) in [5, 5.41) is 6.89. The van der Waals surface area contributed by atoms with Gasteiger partial charge in [-0.2, -0.15) is 0 Å². The molecule has 2 aliphatic heterocycles. The third-order valence-corrected chi connectivity index (χ3v) is 8.58. The van der Waals surface area contributed by atoms with Crippen LogP contribution in [0.5, 0.6) is 0 Å². The fraction of sp³-hybridized carbons (Fsp3) is 0.276. The number of rotatable bonds is 8. The van der Waals surface area contributed by atoms with E-state index < -0.39 is 10.0 Å². The highest BCUT2D eigenvalue weighted by Crippen LogP contribution is 2.39. The normalized spacial score (nSPS) is 17.2. The van der Waals surface area contributed by atoms with E-state index in [0.717, 1.165) is 11.1 Å². The highest BCUT2D eigenvalue weighted by atomic mass is 35.5. The first-order valence-electron chi connectivity index (χ1n) is 12.8. The average molecular weight is 567 g/mol. The van der Waals surface area contributed by atoms with Crippen LogP contribution in [0, 0.1) is 0 Å². The molecular formula is C29H31ClN4O4S. The molecule has 1 amide bonds. The molecular weight excluding hydrogens is 536 g/mol. The van der Waals surface area contributed by atoms with Crippen LogP contribution in [0.3, 0.4) is 0 Å². The molecule has 3 aromatic carbocycles. The summed E-state index contributed by atoms with van der Waals surface area (Å²) in [4.78, 5) is 15.5. The predicted molar refractivity (Wildman–Crippen MR) is 155 cm³/mol. The molecule has 10 heteroatoms. The van der Waals surface area contributed by atoms with Crippen molar-refractivity contribution in [1.29, 1.82) is 0 Å². The Bertz CT molecular complexity index is 1520. The van der Waals surface area contributed by atoms with Gasteiger partial charge in [-0.25, -0.2) is 13.1 Å². The summed E-state index contributed by atoms with van der Waals surface area (Å²) in [5.41, 5.74) is 4.43. The third-order valence-electron chi connectivity index (χ3n) is 6.71. The molecule has 0 atom stereocenters. The molecule has 5 rings (SSSR count). The maximum Gasteiger partial charge on any atom is 0.258 e. The van der Waals surface area contributed by atoms with Gasteiger partial charge < -0.3 is 20.3 Å². The van der Waals surface area contributed by atoms with Crippen LogP contribution < -0.4 is 15.4 Å². The minimum atomic E-state index is -3.80. The number of hydrogen-bond donors (Lipinski definition) is 3. The summed E-state index contributed by atoms with van der Waals surface area (Å²) < 4.78 is 34.7. The number of nitrogens with zero attached hydrogens (tertiary/aromatic N) is 1. The number of hydrogen-bond acceptors (Lipinski definition) is 6. The number of anilines is 2. The Morgan fingerprint density at radius 3 is 2.49 bits per heavy atom. The molecule has 1 saturated heterocycles. The van der Waals surface area contributed by atoms with Gasteiger partial charge in [0.15, 0.2) is 0 Å². The molecule has 3 N–H and O–H groups in total. The van der Waals surface area contributed by atoms with Crippen LogP contribution in [-0.2, 0) is 26.1 Å². The largest absolute Gasteiger partial charge is 0.381 e. The lowest BCUT2D eigenvalue weighted by atomic mass is 10.00. The number of fused-ring (bicyclic) bond motifs is 1. The van der Waals surface area contributed by atoms with Gasteiger partial charge in [0.05, 0.1) is 16.2 Å². The Labute approximate surface area is 234 Å². The van der Waals surface area contributed by atoms with Crippen molar-refractivity contribution in [2.45, 2.75) is 30.3 Å². The Morgan fingerprint density at radius 2 is 1.79 bits per heavy atom. The van der Waals surface area contributed by atoms with Gasteiger partial charge in [-0.1, -0.05) is 48.0 Å². The summed E-state index contributed by atoms with van der Waals surface area (Å²) in [6, 6.07) is 19.7. The standard InChI is InChI=1S/C29H31ClN4O4S/c1-34(2)18-20-8-9-22(16-25(20)30)31-28(19-6-4-3-5-7-19)27-24-17-23(10-11-26(24)32-29(27)35)39(36,37)33-21-12-14-38-15-13-21/h3-11,16-17,21,31,33H,12-15,18H2,1-2H3,(H,32,35)/b28-27-. The van der Waals surface area contributed by atoms with Crippen molar-refractivity contribution < 1.29 is 17.9 Å². The van der Waals surface area contributed by atoms with Gasteiger partial charge >= 0.3 is 0 Å². The van der Waals surface area contributed by atoms with Crippen LogP contribution in [0.15, 0.2) is 71.6 Å². The van der Waals surface area contributed by atoms with E-state index in [1.165, 1.54) is 6.07 Å². The lowest BCUT2D eigenvalue weighted by Crippen LogP contribution is -2.38. The summed E-state index contributed by atoms with van der Waals surface area (Å²) >= 11 is 6.58. The van der Waals surface area contributed by atoms with E-state index in [-0.39, 0.29) is 16.8 Å². The SMILES string of the molecule is CN(C)Cc1ccc(N/C(=C2\C(=O)Nc3ccc(S(=O)(=O)NC4CCOCC4)cc32)c2ccccc2)cc1Cl. The summed E-state index contributed by atoms with van der Waals surface area (Å²) in [7, 11) is 0.152. The van der Waals surface area contributed by atoms with Crippen LogP contribution in [-0.4, -0.2) is 52.6 Å². The zero-order valence-electron chi connectivity index (χ0n) is 21.8. The summed E-state index contributed by atoms with van der Waals surface area (Å²) in [6.45, 7) is 1.74. The van der Waals surface area contributed by atoms with Crippen LogP contribution >= 0.6 is 11.6 Å². The second-order valence-corrected chi connectivity index (χ2v) is 12.1. The number of benzene rings is 3. The number of carbonyl (C=O) groups is 1. The fourth-order valence-corrected chi connectivity index (χ4v) is 6.36. The monoisotopic (exact) mass is 566 g/mol. The smallest absolute Gasteiger partial charge is 0.258 e. The number of amides is 1. The van der Waals surface area contributed by atoms with Gasteiger partial charge in [0, 0.05) is 47.8 Å². The first-order valence-corrected chi connectivity index (χ1v) is 14.6. The molecule has 0 spiro atoms. The molecule has 8 nitrogen and oxygen atoms in total.